The van der Waals surface area contributed by atoms with Crippen molar-refractivity contribution in [3.63, 3.8) is 0 Å². The third-order valence-electron chi connectivity index (χ3n) is 3.46. The highest BCUT2D eigenvalue weighted by Gasteiger charge is 2.27. The molecule has 0 aromatic heterocycles. The van der Waals surface area contributed by atoms with E-state index in [9.17, 15) is 4.79 Å². The lowest BCUT2D eigenvalue weighted by Gasteiger charge is -2.08. The van der Waals surface area contributed by atoms with Gasteiger partial charge in [0.15, 0.2) is 0 Å². The van der Waals surface area contributed by atoms with E-state index in [4.69, 9.17) is 11.6 Å². The zero-order chi connectivity index (χ0) is 14.4. The zero-order valence-corrected chi connectivity index (χ0v) is 12.4. The summed E-state index contributed by atoms with van der Waals surface area (Å²) in [6, 6.07) is 10.0. The van der Waals surface area contributed by atoms with Gasteiger partial charge in [0.2, 0.25) is 5.78 Å². The number of halogens is 1. The minimum Gasteiger partial charge on any atom is -0.288 e. The predicted molar refractivity (Wildman–Crippen MR) is 85.5 cm³/mol. The van der Waals surface area contributed by atoms with Gasteiger partial charge in [0.05, 0.1) is 5.03 Å². The molecule has 1 aliphatic carbocycles. The molecule has 1 aromatic rings. The van der Waals surface area contributed by atoms with Crippen LogP contribution in [0.5, 0.6) is 0 Å². The number of ketones is 1. The van der Waals surface area contributed by atoms with Gasteiger partial charge < -0.3 is 0 Å². The molecule has 0 saturated carbocycles. The van der Waals surface area contributed by atoms with Gasteiger partial charge in [0.25, 0.3) is 0 Å². The van der Waals surface area contributed by atoms with E-state index in [0.717, 1.165) is 30.4 Å². The second-order valence-electron chi connectivity index (χ2n) is 4.98. The van der Waals surface area contributed by atoms with Crippen molar-refractivity contribution in [3.8, 4) is 0 Å². The van der Waals surface area contributed by atoms with E-state index in [1.165, 1.54) is 0 Å². The monoisotopic (exact) mass is 286 g/mol. The van der Waals surface area contributed by atoms with Crippen molar-refractivity contribution in [2.24, 2.45) is 5.92 Å². The maximum Gasteiger partial charge on any atom is 0.200 e. The number of allylic oxidation sites excluding steroid dienone is 5. The first-order chi connectivity index (χ1) is 9.72. The van der Waals surface area contributed by atoms with Crippen LogP contribution in [0.15, 0.2) is 59.2 Å². The molecule has 2 rings (SSSR count). The average molecular weight is 287 g/mol. The van der Waals surface area contributed by atoms with E-state index < -0.39 is 0 Å². The molecule has 1 nitrogen and oxygen atoms in total. The Balaban J connectivity index is 2.11. The van der Waals surface area contributed by atoms with Gasteiger partial charge in [-0.25, -0.2) is 0 Å². The van der Waals surface area contributed by atoms with Crippen LogP contribution < -0.4 is 0 Å². The summed E-state index contributed by atoms with van der Waals surface area (Å²) in [6.45, 7) is 2.15. The van der Waals surface area contributed by atoms with Crippen molar-refractivity contribution in [2.45, 2.75) is 26.2 Å². The molecule has 2 heteroatoms. The van der Waals surface area contributed by atoms with Crippen LogP contribution in [0.3, 0.4) is 0 Å². The van der Waals surface area contributed by atoms with Crippen LogP contribution in [-0.4, -0.2) is 5.78 Å². The normalized spacial score (nSPS) is 20.9. The maximum absolute atomic E-state index is 12.0. The molecule has 0 radical (unpaired) electrons. The van der Waals surface area contributed by atoms with Crippen LogP contribution in [0.2, 0.25) is 0 Å². The van der Waals surface area contributed by atoms with Gasteiger partial charge in [0.1, 0.15) is 0 Å². The molecule has 1 aromatic carbocycles. The summed E-state index contributed by atoms with van der Waals surface area (Å²) in [5, 5.41) is 0.366. The number of carbonyl (C=O) groups is 1. The van der Waals surface area contributed by atoms with Crippen molar-refractivity contribution in [1.82, 2.24) is 0 Å². The Morgan fingerprint density at radius 3 is 2.70 bits per heavy atom. The fourth-order valence-corrected chi connectivity index (χ4v) is 2.60. The van der Waals surface area contributed by atoms with Gasteiger partial charge in [0, 0.05) is 11.5 Å². The number of Topliss-reactive ketones (excluding diaryl/α,β-unsaturated/α-hetero) is 1. The molecule has 0 aliphatic heterocycles. The van der Waals surface area contributed by atoms with Gasteiger partial charge in [-0.3, -0.25) is 4.79 Å². The molecule has 20 heavy (non-hydrogen) atoms. The van der Waals surface area contributed by atoms with E-state index in [2.05, 4.69) is 6.92 Å². The van der Waals surface area contributed by atoms with Crippen LogP contribution in [0.4, 0.5) is 0 Å². The Hall–Kier alpha value is -1.60. The van der Waals surface area contributed by atoms with E-state index in [0.29, 0.717) is 5.03 Å². The van der Waals surface area contributed by atoms with Crippen molar-refractivity contribution in [2.75, 3.05) is 0 Å². The van der Waals surface area contributed by atoms with Crippen LogP contribution in [0, 0.1) is 5.92 Å². The average Bonchev–Trinajstić information content (AvgIpc) is 2.74. The molecular weight excluding hydrogens is 268 g/mol. The van der Waals surface area contributed by atoms with Gasteiger partial charge in [-0.15, -0.1) is 0 Å². The molecule has 0 saturated heterocycles. The summed E-state index contributed by atoms with van der Waals surface area (Å²) < 4.78 is 0. The molecule has 0 heterocycles. The van der Waals surface area contributed by atoms with Crippen molar-refractivity contribution < 1.29 is 4.79 Å². The topological polar surface area (TPSA) is 17.1 Å². The molecule has 104 valence electrons. The summed E-state index contributed by atoms with van der Waals surface area (Å²) in [4.78, 5) is 12.0. The minimum atomic E-state index is -0.0227. The summed E-state index contributed by atoms with van der Waals surface area (Å²) >= 11 is 5.97. The van der Waals surface area contributed by atoms with Crippen molar-refractivity contribution >= 4 is 23.5 Å². The minimum absolute atomic E-state index is 0.0227. The maximum atomic E-state index is 12.0. The first-order valence-electron chi connectivity index (χ1n) is 7.07. The highest BCUT2D eigenvalue weighted by Crippen LogP contribution is 2.32. The lowest BCUT2D eigenvalue weighted by molar-refractivity contribution is -0.111. The Kier molecular flexibility index (Phi) is 5.37. The third kappa shape index (κ3) is 3.71. The Bertz CT molecular complexity index is 552. The number of hydrogen-bond acceptors (Lipinski definition) is 1. The number of unbranched alkanes of at least 4 members (excludes halogenated alkanes) is 1. The molecule has 0 fully saturated rings. The van der Waals surface area contributed by atoms with Crippen LogP contribution in [0.1, 0.15) is 31.7 Å². The Labute approximate surface area is 125 Å². The highest BCUT2D eigenvalue weighted by atomic mass is 35.5. The number of benzene rings is 1. The van der Waals surface area contributed by atoms with E-state index in [1.54, 1.807) is 0 Å². The first kappa shape index (κ1) is 14.8. The summed E-state index contributed by atoms with van der Waals surface area (Å²) in [7, 11) is 0. The third-order valence-corrected chi connectivity index (χ3v) is 3.76. The van der Waals surface area contributed by atoms with Gasteiger partial charge in [-0.2, -0.15) is 0 Å². The van der Waals surface area contributed by atoms with Gasteiger partial charge in [-0.1, -0.05) is 86.0 Å². The van der Waals surface area contributed by atoms with Crippen LogP contribution >= 0.6 is 11.6 Å². The second kappa shape index (κ2) is 7.25. The Morgan fingerprint density at radius 1 is 1.25 bits per heavy atom. The van der Waals surface area contributed by atoms with Gasteiger partial charge >= 0.3 is 0 Å². The van der Waals surface area contributed by atoms with Crippen LogP contribution in [0.25, 0.3) is 6.08 Å². The molecule has 1 unspecified atom stereocenters. The number of rotatable bonds is 5. The smallest absolute Gasteiger partial charge is 0.200 e. The first-order valence-corrected chi connectivity index (χ1v) is 7.45. The van der Waals surface area contributed by atoms with Crippen molar-refractivity contribution in [3.05, 3.63) is 64.7 Å². The molecule has 1 atom stereocenters. The predicted octanol–water partition coefficient (Wildman–Crippen LogP) is 5.14. The van der Waals surface area contributed by atoms with E-state index >= 15 is 0 Å². The fraction of sp³-hybridized carbons (Fsp3) is 0.278. The lowest BCUT2D eigenvalue weighted by atomic mass is 9.95. The largest absolute Gasteiger partial charge is 0.288 e. The summed E-state index contributed by atoms with van der Waals surface area (Å²) in [5.74, 6) is 0.154. The van der Waals surface area contributed by atoms with E-state index in [1.807, 2.05) is 54.6 Å². The quantitative estimate of drug-likeness (QED) is 0.685. The number of hydrogen-bond donors (Lipinski definition) is 0. The summed E-state index contributed by atoms with van der Waals surface area (Å²) in [5.41, 5.74) is 1.94. The zero-order valence-electron chi connectivity index (χ0n) is 11.7. The molecule has 1 aliphatic rings. The van der Waals surface area contributed by atoms with E-state index in [-0.39, 0.29) is 11.7 Å². The fourth-order valence-electron chi connectivity index (χ4n) is 2.34. The van der Waals surface area contributed by atoms with Crippen molar-refractivity contribution in [1.29, 1.82) is 0 Å². The standard InChI is InChI=1S/C18H19ClO/c1-2-3-11-15-13-17(19)18(20)16(15)12-7-10-14-8-5-4-6-9-14/h4-10,12-13,15H,2-3,11H2,1H3. The lowest BCUT2D eigenvalue weighted by Crippen LogP contribution is -2.03. The molecule has 0 spiro atoms. The molecule has 0 N–H and O–H groups in total. The number of carbonyl (C=O) groups excluding carboxylic acids is 1. The highest BCUT2D eigenvalue weighted by molar-refractivity contribution is 6.46. The second-order valence-corrected chi connectivity index (χ2v) is 5.39. The SMILES string of the molecule is CCCCC1C=C(Cl)C(=O)C1=CC=Cc1ccccc1. The Morgan fingerprint density at radius 2 is 2.00 bits per heavy atom. The van der Waals surface area contributed by atoms with Gasteiger partial charge in [-0.05, 0) is 12.0 Å². The summed E-state index contributed by atoms with van der Waals surface area (Å²) in [6.07, 6.45) is 11.0. The molecular formula is C18H19ClO. The molecule has 0 amide bonds. The van der Waals surface area contributed by atoms with Crippen LogP contribution in [-0.2, 0) is 4.79 Å². The molecule has 0 bridgehead atoms.